The second-order valence-electron chi connectivity index (χ2n) is 6.59. The van der Waals surface area contributed by atoms with Crippen LogP contribution < -0.4 is 4.74 Å². The summed E-state index contributed by atoms with van der Waals surface area (Å²) in [6.07, 6.45) is 6.13. The highest BCUT2D eigenvalue weighted by Gasteiger charge is 2.40. The molecule has 0 aromatic carbocycles. The molecule has 1 aliphatic carbocycles. The van der Waals surface area contributed by atoms with Gasteiger partial charge >= 0.3 is 5.97 Å². The molecule has 1 aliphatic heterocycles. The lowest BCUT2D eigenvalue weighted by molar-refractivity contribution is -0.134. The number of ether oxygens (including phenoxy) is 2. The average Bonchev–Trinajstić information content (AvgIpc) is 3.25. The minimum absolute atomic E-state index is 0.237. The summed E-state index contributed by atoms with van der Waals surface area (Å²) in [5.41, 5.74) is 3.77. The predicted molar refractivity (Wildman–Crippen MR) is 91.0 cm³/mol. The Morgan fingerprint density at radius 2 is 2.12 bits per heavy atom. The molecular formula is C19H19N3O3. The Kier molecular flexibility index (Phi) is 3.95. The first-order valence-electron chi connectivity index (χ1n) is 8.37. The van der Waals surface area contributed by atoms with Crippen LogP contribution in [-0.2, 0) is 9.53 Å². The van der Waals surface area contributed by atoms with E-state index in [0.717, 1.165) is 23.3 Å². The molecule has 0 spiro atoms. The molecule has 2 aromatic rings. The summed E-state index contributed by atoms with van der Waals surface area (Å²) in [6, 6.07) is 4.18. The minimum atomic E-state index is -0.339. The highest BCUT2D eigenvalue weighted by atomic mass is 16.5. The molecule has 3 heterocycles. The fraction of sp³-hybridized carbons (Fsp3) is 0.368. The number of carbonyl (C=O) groups is 1. The second-order valence-corrected chi connectivity index (χ2v) is 6.59. The van der Waals surface area contributed by atoms with Crippen molar-refractivity contribution in [3.05, 3.63) is 53.2 Å². The SMILES string of the molecule is Cc1ccc([C@H]2C[C@@H]2COc2nc(C)ncc2C2=CC(=O)OC2)nc1. The van der Waals surface area contributed by atoms with Crippen molar-refractivity contribution in [2.24, 2.45) is 5.92 Å². The Bertz CT molecular complexity index is 845. The molecule has 1 saturated carbocycles. The van der Waals surface area contributed by atoms with Gasteiger partial charge in [0.1, 0.15) is 12.4 Å². The highest BCUT2D eigenvalue weighted by molar-refractivity contribution is 5.96. The maximum absolute atomic E-state index is 11.3. The monoisotopic (exact) mass is 337 g/mol. The zero-order chi connectivity index (χ0) is 17.4. The van der Waals surface area contributed by atoms with Crippen LogP contribution in [0.5, 0.6) is 5.88 Å². The Balaban J connectivity index is 1.45. The Labute approximate surface area is 145 Å². The van der Waals surface area contributed by atoms with Gasteiger partial charge in [0.15, 0.2) is 0 Å². The molecule has 2 aromatic heterocycles. The first kappa shape index (κ1) is 15.7. The number of aryl methyl sites for hydroxylation is 2. The van der Waals surface area contributed by atoms with Crippen molar-refractivity contribution in [3.63, 3.8) is 0 Å². The van der Waals surface area contributed by atoms with Crippen molar-refractivity contribution in [2.75, 3.05) is 13.2 Å². The Morgan fingerprint density at radius 1 is 1.24 bits per heavy atom. The van der Waals surface area contributed by atoms with Crippen LogP contribution in [0.2, 0.25) is 0 Å². The van der Waals surface area contributed by atoms with Crippen LogP contribution in [0.15, 0.2) is 30.6 Å². The molecule has 0 N–H and O–H groups in total. The zero-order valence-electron chi connectivity index (χ0n) is 14.2. The van der Waals surface area contributed by atoms with E-state index in [4.69, 9.17) is 9.47 Å². The van der Waals surface area contributed by atoms with Gasteiger partial charge in [-0.25, -0.2) is 9.78 Å². The van der Waals surface area contributed by atoms with E-state index < -0.39 is 0 Å². The number of hydrogen-bond donors (Lipinski definition) is 0. The number of cyclic esters (lactones) is 1. The number of pyridine rings is 1. The predicted octanol–water partition coefficient (Wildman–Crippen LogP) is 2.61. The molecular weight excluding hydrogens is 318 g/mol. The zero-order valence-corrected chi connectivity index (χ0v) is 14.2. The van der Waals surface area contributed by atoms with E-state index >= 15 is 0 Å². The van der Waals surface area contributed by atoms with E-state index in [1.165, 1.54) is 11.6 Å². The lowest BCUT2D eigenvalue weighted by Crippen LogP contribution is -2.07. The van der Waals surface area contributed by atoms with Gasteiger partial charge in [-0.3, -0.25) is 4.98 Å². The van der Waals surface area contributed by atoms with Gasteiger partial charge in [0.2, 0.25) is 5.88 Å². The molecule has 128 valence electrons. The van der Waals surface area contributed by atoms with E-state index in [0.29, 0.717) is 30.1 Å². The van der Waals surface area contributed by atoms with Gasteiger partial charge in [-0.05, 0) is 31.9 Å². The van der Waals surface area contributed by atoms with Crippen LogP contribution in [0.4, 0.5) is 0 Å². The Hall–Kier alpha value is -2.76. The quantitative estimate of drug-likeness (QED) is 0.781. The molecule has 0 radical (unpaired) electrons. The molecule has 0 amide bonds. The van der Waals surface area contributed by atoms with Crippen molar-refractivity contribution in [1.29, 1.82) is 0 Å². The summed E-state index contributed by atoms with van der Waals surface area (Å²) < 4.78 is 11.0. The smallest absolute Gasteiger partial charge is 0.331 e. The number of nitrogens with zero attached hydrogens (tertiary/aromatic N) is 3. The summed E-state index contributed by atoms with van der Waals surface area (Å²) >= 11 is 0. The van der Waals surface area contributed by atoms with E-state index in [2.05, 4.69) is 27.1 Å². The number of aromatic nitrogens is 3. The molecule has 0 bridgehead atoms. The maximum Gasteiger partial charge on any atom is 0.331 e. The van der Waals surface area contributed by atoms with Crippen LogP contribution in [0.1, 0.15) is 35.0 Å². The number of hydrogen-bond acceptors (Lipinski definition) is 6. The molecule has 2 atom stereocenters. The third-order valence-electron chi connectivity index (χ3n) is 4.55. The van der Waals surface area contributed by atoms with Crippen molar-refractivity contribution >= 4 is 11.5 Å². The van der Waals surface area contributed by atoms with Crippen LogP contribution in [0.3, 0.4) is 0 Å². The maximum atomic E-state index is 11.3. The molecule has 25 heavy (non-hydrogen) atoms. The lowest BCUT2D eigenvalue weighted by atomic mass is 10.1. The molecule has 2 aliphatic rings. The van der Waals surface area contributed by atoms with E-state index in [9.17, 15) is 4.79 Å². The topological polar surface area (TPSA) is 74.2 Å². The van der Waals surface area contributed by atoms with Gasteiger partial charge in [-0.1, -0.05) is 6.07 Å². The van der Waals surface area contributed by atoms with Crippen LogP contribution in [-0.4, -0.2) is 34.1 Å². The van der Waals surface area contributed by atoms with E-state index in [-0.39, 0.29) is 12.6 Å². The summed E-state index contributed by atoms with van der Waals surface area (Å²) in [7, 11) is 0. The largest absolute Gasteiger partial charge is 0.477 e. The molecule has 6 nitrogen and oxygen atoms in total. The van der Waals surface area contributed by atoms with Crippen molar-refractivity contribution in [2.45, 2.75) is 26.2 Å². The van der Waals surface area contributed by atoms with E-state index in [1.54, 1.807) is 6.20 Å². The number of esters is 1. The van der Waals surface area contributed by atoms with Crippen molar-refractivity contribution < 1.29 is 14.3 Å². The molecule has 6 heteroatoms. The van der Waals surface area contributed by atoms with Gasteiger partial charge in [-0.15, -0.1) is 0 Å². The van der Waals surface area contributed by atoms with Gasteiger partial charge < -0.3 is 9.47 Å². The van der Waals surface area contributed by atoms with Crippen LogP contribution in [0.25, 0.3) is 5.57 Å². The fourth-order valence-electron chi connectivity index (χ4n) is 2.99. The summed E-state index contributed by atoms with van der Waals surface area (Å²) in [5, 5.41) is 0. The molecule has 1 fully saturated rings. The van der Waals surface area contributed by atoms with Crippen LogP contribution >= 0.6 is 0 Å². The standard InChI is InChI=1S/C19H19N3O3/c1-11-3-4-17(21-7-11)15-5-13(15)10-25-19-16(8-20-12(2)22-19)14-6-18(23)24-9-14/h3-4,6-8,13,15H,5,9-10H2,1-2H3/t13-,15+/m1/s1. The second kappa shape index (κ2) is 6.27. The third kappa shape index (κ3) is 3.38. The van der Waals surface area contributed by atoms with Crippen LogP contribution in [0, 0.1) is 19.8 Å². The van der Waals surface area contributed by atoms with Gasteiger partial charge in [0.25, 0.3) is 0 Å². The molecule has 0 saturated heterocycles. The summed E-state index contributed by atoms with van der Waals surface area (Å²) in [6.45, 7) is 4.67. The summed E-state index contributed by atoms with van der Waals surface area (Å²) in [5.74, 6) is 1.70. The molecule has 0 unspecified atom stereocenters. The highest BCUT2D eigenvalue weighted by Crippen LogP contribution is 2.46. The van der Waals surface area contributed by atoms with Crippen molar-refractivity contribution in [3.8, 4) is 5.88 Å². The first-order valence-corrected chi connectivity index (χ1v) is 8.37. The normalized spacial score (nSPS) is 21.7. The van der Waals surface area contributed by atoms with Gasteiger partial charge in [-0.2, -0.15) is 4.98 Å². The number of carbonyl (C=O) groups excluding carboxylic acids is 1. The van der Waals surface area contributed by atoms with Crippen molar-refractivity contribution in [1.82, 2.24) is 15.0 Å². The lowest BCUT2D eigenvalue weighted by Gasteiger charge is -2.11. The Morgan fingerprint density at radius 3 is 2.84 bits per heavy atom. The third-order valence-corrected chi connectivity index (χ3v) is 4.55. The van der Waals surface area contributed by atoms with Gasteiger partial charge in [0, 0.05) is 41.6 Å². The number of rotatable bonds is 5. The van der Waals surface area contributed by atoms with Gasteiger partial charge in [0.05, 0.1) is 12.2 Å². The minimum Gasteiger partial charge on any atom is -0.477 e. The van der Waals surface area contributed by atoms with E-state index in [1.807, 2.05) is 20.0 Å². The molecule has 4 rings (SSSR count). The first-order chi connectivity index (χ1) is 12.1. The fourth-order valence-corrected chi connectivity index (χ4v) is 2.99. The summed E-state index contributed by atoms with van der Waals surface area (Å²) in [4.78, 5) is 24.4. The average molecular weight is 337 g/mol.